The Balaban J connectivity index is 2.09. The van der Waals surface area contributed by atoms with Crippen molar-refractivity contribution in [2.75, 3.05) is 7.05 Å². The fraction of sp³-hybridized carbons (Fsp3) is 0.533. The summed E-state index contributed by atoms with van der Waals surface area (Å²) in [6.07, 6.45) is 8.63. The number of nitrogens with one attached hydrogen (secondary N) is 1. The molecule has 2 rings (SSSR count). The lowest BCUT2D eigenvalue weighted by Gasteiger charge is -2.14. The highest BCUT2D eigenvalue weighted by molar-refractivity contribution is 5.06. The van der Waals surface area contributed by atoms with Gasteiger partial charge in [0.25, 0.3) is 0 Å². The lowest BCUT2D eigenvalue weighted by Crippen LogP contribution is -2.21. The number of hydrogen-bond acceptors (Lipinski definition) is 4. The first kappa shape index (κ1) is 14.7. The minimum absolute atomic E-state index is 0.0984. The van der Waals surface area contributed by atoms with Crippen LogP contribution in [0.5, 0.6) is 0 Å². The Bertz CT molecular complexity index is 504. The molecule has 1 N–H and O–H groups in total. The molecular formula is C15H23N5. The van der Waals surface area contributed by atoms with Crippen molar-refractivity contribution in [1.29, 1.82) is 0 Å². The fourth-order valence-corrected chi connectivity index (χ4v) is 2.37. The van der Waals surface area contributed by atoms with Gasteiger partial charge in [0.15, 0.2) is 0 Å². The van der Waals surface area contributed by atoms with Gasteiger partial charge in [-0.25, -0.2) is 9.97 Å². The highest BCUT2D eigenvalue weighted by atomic mass is 15.3. The van der Waals surface area contributed by atoms with E-state index in [0.717, 1.165) is 30.8 Å². The second-order valence-electron chi connectivity index (χ2n) is 4.91. The van der Waals surface area contributed by atoms with Gasteiger partial charge in [-0.05, 0) is 32.0 Å². The second kappa shape index (κ2) is 7.14. The zero-order chi connectivity index (χ0) is 14.4. The Morgan fingerprint density at radius 3 is 2.50 bits per heavy atom. The molecule has 2 aromatic heterocycles. The molecule has 0 aliphatic carbocycles. The molecule has 20 heavy (non-hydrogen) atoms. The maximum Gasteiger partial charge on any atom is 0.145 e. The summed E-state index contributed by atoms with van der Waals surface area (Å²) in [6.45, 7) is 4.40. The number of aromatic nitrogens is 4. The van der Waals surface area contributed by atoms with Crippen molar-refractivity contribution in [3.63, 3.8) is 0 Å². The Hall–Kier alpha value is -1.75. The topological polar surface area (TPSA) is 55.6 Å². The summed E-state index contributed by atoms with van der Waals surface area (Å²) in [5.74, 6) is 0.812. The second-order valence-corrected chi connectivity index (χ2v) is 4.91. The van der Waals surface area contributed by atoms with Gasteiger partial charge in [0.05, 0.1) is 17.8 Å². The molecule has 0 aromatic carbocycles. The van der Waals surface area contributed by atoms with Crippen LogP contribution in [0.15, 0.2) is 30.7 Å². The molecule has 5 nitrogen and oxygen atoms in total. The molecule has 0 aliphatic heterocycles. The Morgan fingerprint density at radius 1 is 1.20 bits per heavy atom. The molecule has 0 amide bonds. The number of likely N-dealkylation sites (N-methyl/N-ethyl adjacent to an activating group) is 1. The van der Waals surface area contributed by atoms with E-state index in [1.807, 2.05) is 13.1 Å². The molecule has 0 bridgehead atoms. The van der Waals surface area contributed by atoms with E-state index < -0.39 is 0 Å². The average Bonchev–Trinajstić information content (AvgIpc) is 2.95. The van der Waals surface area contributed by atoms with Crippen LogP contribution in [0, 0.1) is 0 Å². The Labute approximate surface area is 120 Å². The third kappa shape index (κ3) is 3.42. The summed E-state index contributed by atoms with van der Waals surface area (Å²) < 4.78 is 2.08. The number of nitrogens with zero attached hydrogens (tertiary/aromatic N) is 4. The van der Waals surface area contributed by atoms with Gasteiger partial charge in [0.1, 0.15) is 5.82 Å². The van der Waals surface area contributed by atoms with Crippen LogP contribution in [0.1, 0.15) is 50.3 Å². The van der Waals surface area contributed by atoms with Crippen LogP contribution in [0.25, 0.3) is 0 Å². The van der Waals surface area contributed by atoms with Gasteiger partial charge in [-0.1, -0.05) is 13.8 Å². The number of hydrogen-bond donors (Lipinski definition) is 1. The van der Waals surface area contributed by atoms with Crippen LogP contribution in [-0.4, -0.2) is 26.8 Å². The molecular weight excluding hydrogens is 250 g/mol. The quantitative estimate of drug-likeness (QED) is 0.842. The van der Waals surface area contributed by atoms with E-state index in [4.69, 9.17) is 0 Å². The first-order valence-electron chi connectivity index (χ1n) is 7.26. The van der Waals surface area contributed by atoms with Gasteiger partial charge in [-0.15, -0.1) is 0 Å². The SMILES string of the molecule is CCC(CC)n1ccc(CC(NC)c2ncccn2)n1. The van der Waals surface area contributed by atoms with Gasteiger partial charge in [0, 0.05) is 25.0 Å². The zero-order valence-corrected chi connectivity index (χ0v) is 12.5. The molecule has 2 aromatic rings. The van der Waals surface area contributed by atoms with Gasteiger partial charge < -0.3 is 5.32 Å². The molecule has 0 fully saturated rings. The largest absolute Gasteiger partial charge is 0.310 e. The summed E-state index contributed by atoms with van der Waals surface area (Å²) in [5, 5.41) is 7.95. The highest BCUT2D eigenvalue weighted by Crippen LogP contribution is 2.17. The van der Waals surface area contributed by atoms with Crippen LogP contribution in [0.3, 0.4) is 0 Å². The fourth-order valence-electron chi connectivity index (χ4n) is 2.37. The summed E-state index contributed by atoms with van der Waals surface area (Å²) in [4.78, 5) is 8.62. The molecule has 5 heteroatoms. The van der Waals surface area contributed by atoms with E-state index >= 15 is 0 Å². The first-order chi connectivity index (χ1) is 9.78. The van der Waals surface area contributed by atoms with Crippen LogP contribution in [0.2, 0.25) is 0 Å². The lowest BCUT2D eigenvalue weighted by atomic mass is 10.1. The molecule has 2 heterocycles. The minimum Gasteiger partial charge on any atom is -0.310 e. The first-order valence-corrected chi connectivity index (χ1v) is 7.26. The molecule has 0 saturated heterocycles. The summed E-state index contributed by atoms with van der Waals surface area (Å²) in [6, 6.07) is 4.51. The predicted octanol–water partition coefficient (Wildman–Crippen LogP) is 2.54. The van der Waals surface area contributed by atoms with Gasteiger partial charge in [-0.3, -0.25) is 4.68 Å². The van der Waals surface area contributed by atoms with E-state index in [9.17, 15) is 0 Å². The maximum absolute atomic E-state index is 4.69. The molecule has 0 saturated carbocycles. The van der Waals surface area contributed by atoms with E-state index in [-0.39, 0.29) is 6.04 Å². The summed E-state index contributed by atoms with van der Waals surface area (Å²) in [7, 11) is 1.93. The normalized spacial score (nSPS) is 12.8. The van der Waals surface area contributed by atoms with Gasteiger partial charge >= 0.3 is 0 Å². The van der Waals surface area contributed by atoms with Crippen LogP contribution < -0.4 is 5.32 Å². The minimum atomic E-state index is 0.0984. The van der Waals surface area contributed by atoms with E-state index in [2.05, 4.69) is 51.2 Å². The molecule has 108 valence electrons. The molecule has 1 atom stereocenters. The van der Waals surface area contributed by atoms with Crippen LogP contribution in [0.4, 0.5) is 0 Å². The highest BCUT2D eigenvalue weighted by Gasteiger charge is 2.15. The van der Waals surface area contributed by atoms with Crippen molar-refractivity contribution >= 4 is 0 Å². The Kier molecular flexibility index (Phi) is 5.24. The summed E-state index contributed by atoms with van der Waals surface area (Å²) >= 11 is 0. The van der Waals surface area contributed by atoms with Crippen LogP contribution in [-0.2, 0) is 6.42 Å². The van der Waals surface area contributed by atoms with E-state index in [1.54, 1.807) is 12.4 Å². The third-order valence-corrected chi connectivity index (χ3v) is 3.64. The molecule has 0 spiro atoms. The average molecular weight is 273 g/mol. The van der Waals surface area contributed by atoms with Gasteiger partial charge in [0.2, 0.25) is 0 Å². The molecule has 0 radical (unpaired) electrons. The molecule has 1 unspecified atom stereocenters. The third-order valence-electron chi connectivity index (χ3n) is 3.64. The summed E-state index contributed by atoms with van der Waals surface area (Å²) in [5.41, 5.74) is 1.07. The van der Waals surface area contributed by atoms with Crippen molar-refractivity contribution in [3.05, 3.63) is 42.2 Å². The maximum atomic E-state index is 4.69. The smallest absolute Gasteiger partial charge is 0.145 e. The number of rotatable bonds is 7. The standard InChI is InChI=1S/C15H23N5/c1-4-13(5-2)20-10-7-12(19-20)11-14(16-3)15-17-8-6-9-18-15/h6-10,13-14,16H,4-5,11H2,1-3H3. The van der Waals surface area contributed by atoms with Crippen molar-refractivity contribution < 1.29 is 0 Å². The van der Waals surface area contributed by atoms with Crippen LogP contribution >= 0.6 is 0 Å². The van der Waals surface area contributed by atoms with Crippen molar-refractivity contribution in [2.45, 2.75) is 45.2 Å². The van der Waals surface area contributed by atoms with Crippen molar-refractivity contribution in [3.8, 4) is 0 Å². The monoisotopic (exact) mass is 273 g/mol. The van der Waals surface area contributed by atoms with E-state index in [0.29, 0.717) is 6.04 Å². The van der Waals surface area contributed by atoms with Crippen molar-refractivity contribution in [2.24, 2.45) is 0 Å². The van der Waals surface area contributed by atoms with E-state index in [1.165, 1.54) is 0 Å². The zero-order valence-electron chi connectivity index (χ0n) is 12.5. The lowest BCUT2D eigenvalue weighted by molar-refractivity contribution is 0.422. The van der Waals surface area contributed by atoms with Crippen molar-refractivity contribution in [1.82, 2.24) is 25.1 Å². The molecule has 0 aliphatic rings. The predicted molar refractivity (Wildman–Crippen MR) is 79.4 cm³/mol. The van der Waals surface area contributed by atoms with Gasteiger partial charge in [-0.2, -0.15) is 5.10 Å². The Morgan fingerprint density at radius 2 is 1.90 bits per heavy atom.